The van der Waals surface area contributed by atoms with Crippen LogP contribution >= 0.6 is 11.3 Å². The smallest absolute Gasteiger partial charge is 0.251 e. The molecule has 3 rings (SSSR count). The van der Waals surface area contributed by atoms with Gasteiger partial charge in [0.25, 0.3) is 5.91 Å². The molecule has 0 spiro atoms. The minimum atomic E-state index is -0.399. The Kier molecular flexibility index (Phi) is 4.87. The lowest BCUT2D eigenvalue weighted by Crippen LogP contribution is -2.48. The van der Waals surface area contributed by atoms with Gasteiger partial charge in [-0.25, -0.2) is 4.98 Å². The van der Waals surface area contributed by atoms with Crippen molar-refractivity contribution < 1.29 is 9.53 Å². The van der Waals surface area contributed by atoms with Crippen LogP contribution < -0.4 is 5.73 Å². The molecule has 2 aromatic rings. The number of likely N-dealkylation sites (tertiary alicyclic amines) is 1. The van der Waals surface area contributed by atoms with Gasteiger partial charge in [0.2, 0.25) is 0 Å². The van der Waals surface area contributed by atoms with Crippen LogP contribution in [0.4, 0.5) is 5.13 Å². The van der Waals surface area contributed by atoms with Crippen molar-refractivity contribution in [3.8, 4) is 0 Å². The Morgan fingerprint density at radius 2 is 2.00 bits per heavy atom. The molecule has 2 heterocycles. The largest absolute Gasteiger partial charge is 0.375 e. The number of amides is 1. The summed E-state index contributed by atoms with van der Waals surface area (Å²) in [5, 5.41) is 2.64. The first kappa shape index (κ1) is 16.9. The van der Waals surface area contributed by atoms with Gasteiger partial charge in [-0.15, -0.1) is 11.3 Å². The molecule has 1 fully saturated rings. The standard InChI is InChI=1S/C18H23N3O2S/c1-13(23-2)16(22)21-10-8-18(9-11-21,14-6-4-3-5-7-14)15-12-24-17(19)20-15/h3-7,12-13H,8-11H2,1-2H3,(H2,19,20). The summed E-state index contributed by atoms with van der Waals surface area (Å²) >= 11 is 1.47. The van der Waals surface area contributed by atoms with E-state index in [9.17, 15) is 4.79 Å². The summed E-state index contributed by atoms with van der Waals surface area (Å²) in [6.07, 6.45) is 1.27. The maximum Gasteiger partial charge on any atom is 0.251 e. The molecular formula is C18H23N3O2S. The summed E-state index contributed by atoms with van der Waals surface area (Å²) in [6.45, 7) is 3.18. The van der Waals surface area contributed by atoms with E-state index in [1.165, 1.54) is 16.9 Å². The van der Waals surface area contributed by atoms with Crippen LogP contribution in [0.5, 0.6) is 0 Å². The number of aromatic nitrogens is 1. The van der Waals surface area contributed by atoms with E-state index < -0.39 is 6.10 Å². The van der Waals surface area contributed by atoms with Crippen molar-refractivity contribution in [2.75, 3.05) is 25.9 Å². The van der Waals surface area contributed by atoms with E-state index in [0.29, 0.717) is 18.2 Å². The lowest BCUT2D eigenvalue weighted by Gasteiger charge is -2.42. The summed E-state index contributed by atoms with van der Waals surface area (Å²) in [7, 11) is 1.57. The molecule has 0 radical (unpaired) electrons. The molecule has 1 aliphatic rings. The maximum atomic E-state index is 12.4. The second-order valence-electron chi connectivity index (χ2n) is 6.22. The van der Waals surface area contributed by atoms with Crippen molar-refractivity contribution in [3.05, 3.63) is 47.0 Å². The fourth-order valence-corrected chi connectivity index (χ4v) is 4.09. The van der Waals surface area contributed by atoms with E-state index in [2.05, 4.69) is 34.6 Å². The number of thiazole rings is 1. The topological polar surface area (TPSA) is 68.5 Å². The molecule has 128 valence electrons. The zero-order chi connectivity index (χ0) is 17.2. The van der Waals surface area contributed by atoms with Gasteiger partial charge in [0.05, 0.1) is 5.69 Å². The summed E-state index contributed by atoms with van der Waals surface area (Å²) in [5.41, 5.74) is 7.96. The summed E-state index contributed by atoms with van der Waals surface area (Å²) < 4.78 is 5.17. The number of nitrogen functional groups attached to an aromatic ring is 1. The number of nitrogens with two attached hydrogens (primary N) is 1. The van der Waals surface area contributed by atoms with Crippen molar-refractivity contribution in [2.45, 2.75) is 31.3 Å². The van der Waals surface area contributed by atoms with Crippen LogP contribution in [-0.2, 0) is 14.9 Å². The van der Waals surface area contributed by atoms with Crippen LogP contribution in [0.25, 0.3) is 0 Å². The number of carbonyl (C=O) groups excluding carboxylic acids is 1. The number of benzene rings is 1. The first-order valence-electron chi connectivity index (χ1n) is 8.15. The molecule has 1 saturated heterocycles. The Labute approximate surface area is 146 Å². The number of rotatable bonds is 4. The molecule has 1 amide bonds. The number of anilines is 1. The monoisotopic (exact) mass is 345 g/mol. The molecule has 24 heavy (non-hydrogen) atoms. The first-order chi connectivity index (χ1) is 11.6. The molecular weight excluding hydrogens is 322 g/mol. The van der Waals surface area contributed by atoms with Gasteiger partial charge in [-0.1, -0.05) is 30.3 Å². The highest BCUT2D eigenvalue weighted by atomic mass is 32.1. The Morgan fingerprint density at radius 1 is 1.33 bits per heavy atom. The number of nitrogens with zero attached hydrogens (tertiary/aromatic N) is 2. The van der Waals surface area contributed by atoms with Crippen LogP contribution in [0.1, 0.15) is 31.0 Å². The highest BCUT2D eigenvalue weighted by molar-refractivity contribution is 7.13. The van der Waals surface area contributed by atoms with E-state index >= 15 is 0 Å². The van der Waals surface area contributed by atoms with E-state index in [4.69, 9.17) is 10.5 Å². The van der Waals surface area contributed by atoms with Crippen LogP contribution in [-0.4, -0.2) is 42.1 Å². The van der Waals surface area contributed by atoms with Crippen molar-refractivity contribution in [1.82, 2.24) is 9.88 Å². The Hall–Kier alpha value is -1.92. The SMILES string of the molecule is COC(C)C(=O)N1CCC(c2ccccc2)(c2csc(N)n2)CC1. The van der Waals surface area contributed by atoms with Gasteiger partial charge in [-0.05, 0) is 25.3 Å². The van der Waals surface area contributed by atoms with E-state index in [1.807, 2.05) is 11.0 Å². The zero-order valence-corrected chi connectivity index (χ0v) is 14.9. The minimum absolute atomic E-state index is 0.0527. The molecule has 1 aliphatic heterocycles. The second kappa shape index (κ2) is 6.91. The molecule has 0 bridgehead atoms. The third kappa shape index (κ3) is 3.03. The number of methoxy groups -OCH3 is 1. The van der Waals surface area contributed by atoms with Crippen molar-refractivity contribution >= 4 is 22.4 Å². The molecule has 1 atom stereocenters. The summed E-state index contributed by atoms with van der Waals surface area (Å²) in [5.74, 6) is 0.0527. The van der Waals surface area contributed by atoms with E-state index in [0.717, 1.165) is 18.5 Å². The van der Waals surface area contributed by atoms with Gasteiger partial charge < -0.3 is 15.4 Å². The quantitative estimate of drug-likeness (QED) is 0.925. The molecule has 5 nitrogen and oxygen atoms in total. The molecule has 1 unspecified atom stereocenters. The van der Waals surface area contributed by atoms with Gasteiger partial charge in [-0.2, -0.15) is 0 Å². The third-order valence-electron chi connectivity index (χ3n) is 4.97. The van der Waals surface area contributed by atoms with Crippen LogP contribution in [0.2, 0.25) is 0 Å². The molecule has 1 aromatic carbocycles. The van der Waals surface area contributed by atoms with Crippen LogP contribution in [0.15, 0.2) is 35.7 Å². The Balaban J connectivity index is 1.89. The molecule has 2 N–H and O–H groups in total. The van der Waals surface area contributed by atoms with Crippen molar-refractivity contribution in [1.29, 1.82) is 0 Å². The normalized spacial score (nSPS) is 18.3. The Bertz CT molecular complexity index is 693. The van der Waals surface area contributed by atoms with Crippen molar-refractivity contribution in [3.63, 3.8) is 0 Å². The highest BCUT2D eigenvalue weighted by Crippen LogP contribution is 2.42. The average Bonchev–Trinajstić information content (AvgIpc) is 3.08. The van der Waals surface area contributed by atoms with Gasteiger partial charge >= 0.3 is 0 Å². The van der Waals surface area contributed by atoms with Gasteiger partial charge in [0.1, 0.15) is 6.10 Å². The molecule has 1 aromatic heterocycles. The molecule has 6 heteroatoms. The molecule has 0 aliphatic carbocycles. The fourth-order valence-electron chi connectivity index (χ4n) is 3.42. The van der Waals surface area contributed by atoms with E-state index in [-0.39, 0.29) is 11.3 Å². The minimum Gasteiger partial charge on any atom is -0.375 e. The Morgan fingerprint density at radius 3 is 2.54 bits per heavy atom. The number of hydrogen-bond donors (Lipinski definition) is 1. The predicted octanol–water partition coefficient (Wildman–Crippen LogP) is 2.67. The molecule has 0 saturated carbocycles. The maximum absolute atomic E-state index is 12.4. The number of piperidine rings is 1. The first-order valence-corrected chi connectivity index (χ1v) is 9.03. The van der Waals surface area contributed by atoms with Crippen molar-refractivity contribution in [2.24, 2.45) is 0 Å². The number of ether oxygens (including phenoxy) is 1. The number of hydrogen-bond acceptors (Lipinski definition) is 5. The summed E-state index contributed by atoms with van der Waals surface area (Å²) in [6, 6.07) is 10.4. The fraction of sp³-hybridized carbons (Fsp3) is 0.444. The van der Waals surface area contributed by atoms with Crippen LogP contribution in [0.3, 0.4) is 0 Å². The highest BCUT2D eigenvalue weighted by Gasteiger charge is 2.41. The number of carbonyl (C=O) groups is 1. The lowest BCUT2D eigenvalue weighted by molar-refractivity contribution is -0.142. The van der Waals surface area contributed by atoms with E-state index in [1.54, 1.807) is 14.0 Å². The summed E-state index contributed by atoms with van der Waals surface area (Å²) in [4.78, 5) is 18.9. The van der Waals surface area contributed by atoms with Gasteiger partial charge in [-0.3, -0.25) is 4.79 Å². The average molecular weight is 345 g/mol. The van der Waals surface area contributed by atoms with Crippen LogP contribution in [0, 0.1) is 0 Å². The second-order valence-corrected chi connectivity index (χ2v) is 7.11. The van der Waals surface area contributed by atoms with Gasteiger partial charge in [0, 0.05) is 31.0 Å². The third-order valence-corrected chi connectivity index (χ3v) is 5.64. The van der Waals surface area contributed by atoms with Gasteiger partial charge in [0.15, 0.2) is 5.13 Å². The predicted molar refractivity (Wildman–Crippen MR) is 96.0 cm³/mol. The zero-order valence-electron chi connectivity index (χ0n) is 14.1. The lowest BCUT2D eigenvalue weighted by atomic mass is 9.70.